The minimum Gasteiger partial charge on any atom is -0.471 e. The van der Waals surface area contributed by atoms with E-state index in [1.807, 2.05) is 19.1 Å². The summed E-state index contributed by atoms with van der Waals surface area (Å²) in [6.45, 7) is 1.70. The van der Waals surface area contributed by atoms with Gasteiger partial charge in [-0.2, -0.15) is 0 Å². The molecule has 3 heterocycles. The van der Waals surface area contributed by atoms with Crippen LogP contribution in [0.4, 0.5) is 9.18 Å². The summed E-state index contributed by atoms with van der Waals surface area (Å²) in [6, 6.07) is 2.05. The third-order valence-electron chi connectivity index (χ3n) is 9.43. The highest BCUT2D eigenvalue weighted by molar-refractivity contribution is 7.91. The van der Waals surface area contributed by atoms with Crippen LogP contribution in [-0.2, 0) is 30.8 Å². The fourth-order valence-corrected chi connectivity index (χ4v) is 7.91. The molecule has 16 heteroatoms. The van der Waals surface area contributed by atoms with Crippen molar-refractivity contribution in [2.75, 3.05) is 6.54 Å². The Hall–Kier alpha value is -4.34. The predicted molar refractivity (Wildman–Crippen MR) is 170 cm³/mol. The summed E-state index contributed by atoms with van der Waals surface area (Å²) in [6.07, 6.45) is 5.74. The van der Waals surface area contributed by atoms with Gasteiger partial charge < -0.3 is 25.4 Å². The van der Waals surface area contributed by atoms with E-state index in [4.69, 9.17) is 4.74 Å². The summed E-state index contributed by atoms with van der Waals surface area (Å²) in [5.41, 5.74) is -0.757. The lowest BCUT2D eigenvalue weighted by Crippen LogP contribution is -2.58. The standard InChI is InChI=1S/C32H39FN6O8S/c1-2-22-28(36-26-21(33)10-8-12-23(26)34-22)47-19-15-25-27(40)37-32(30(42)38-48(45,46)20-13-14-20)16-18(32)9-6-4-3-5-7-11-24(35-31(43)44)29(41)39(25)17-19/h6,8-10,12,18-20,24-25,35H,2-5,7,11,13-17H2,1H3,(H,37,40)(H,38,42)(H,43,44)/t18-,19-,24+,25+,32-/m1/s1. The summed E-state index contributed by atoms with van der Waals surface area (Å²) < 4.78 is 48.4. The normalized spacial score (nSPS) is 28.0. The number of ether oxygens (including phenoxy) is 1. The number of hydrogen-bond donors (Lipinski definition) is 4. The third kappa shape index (κ3) is 6.93. The van der Waals surface area contributed by atoms with Gasteiger partial charge in [0.05, 0.1) is 17.3 Å². The van der Waals surface area contributed by atoms with Crippen LogP contribution in [0.15, 0.2) is 30.4 Å². The number of nitrogens with one attached hydrogen (secondary N) is 3. The average molecular weight is 687 g/mol. The van der Waals surface area contributed by atoms with Gasteiger partial charge in [-0.3, -0.25) is 19.1 Å². The second-order valence-corrected chi connectivity index (χ2v) is 14.9. The lowest BCUT2D eigenvalue weighted by molar-refractivity contribution is -0.141. The van der Waals surface area contributed by atoms with Gasteiger partial charge in [-0.15, -0.1) is 0 Å². The zero-order valence-electron chi connectivity index (χ0n) is 26.5. The van der Waals surface area contributed by atoms with Gasteiger partial charge in [-0.05, 0) is 57.1 Å². The number of allylic oxidation sites excluding steroid dienone is 1. The van der Waals surface area contributed by atoms with Crippen molar-refractivity contribution in [1.29, 1.82) is 0 Å². The molecule has 6 rings (SSSR count). The highest BCUT2D eigenvalue weighted by Gasteiger charge is 2.62. The van der Waals surface area contributed by atoms with Crippen LogP contribution in [0.5, 0.6) is 5.88 Å². The van der Waals surface area contributed by atoms with Gasteiger partial charge in [0, 0.05) is 12.3 Å². The zero-order chi connectivity index (χ0) is 34.2. The Kier molecular flexibility index (Phi) is 9.29. The van der Waals surface area contributed by atoms with Crippen molar-refractivity contribution < 1.29 is 41.8 Å². The number of fused-ring (bicyclic) bond motifs is 3. The van der Waals surface area contributed by atoms with Crippen LogP contribution in [0.2, 0.25) is 0 Å². The second kappa shape index (κ2) is 13.3. The molecule has 4 amide bonds. The number of sulfonamides is 1. The van der Waals surface area contributed by atoms with Gasteiger partial charge in [0.15, 0.2) is 5.82 Å². The molecule has 2 aromatic rings. The fourth-order valence-electron chi connectivity index (χ4n) is 6.54. The molecule has 2 saturated carbocycles. The lowest BCUT2D eigenvalue weighted by atomic mass is 10.1. The van der Waals surface area contributed by atoms with E-state index in [2.05, 4.69) is 25.3 Å². The number of carbonyl (C=O) groups excluding carboxylic acids is 3. The van der Waals surface area contributed by atoms with Crippen LogP contribution in [0, 0.1) is 11.7 Å². The largest absolute Gasteiger partial charge is 0.471 e. The lowest BCUT2D eigenvalue weighted by Gasteiger charge is -2.29. The van der Waals surface area contributed by atoms with Gasteiger partial charge in [0.25, 0.3) is 5.91 Å². The summed E-state index contributed by atoms with van der Waals surface area (Å²) in [5.74, 6) is -3.19. The van der Waals surface area contributed by atoms with Crippen molar-refractivity contribution in [1.82, 2.24) is 30.2 Å². The maximum atomic E-state index is 14.6. The van der Waals surface area contributed by atoms with Gasteiger partial charge in [-0.25, -0.2) is 27.6 Å². The Morgan fingerprint density at radius 1 is 1.17 bits per heavy atom. The Morgan fingerprint density at radius 2 is 1.96 bits per heavy atom. The number of halogens is 1. The first-order valence-corrected chi connectivity index (χ1v) is 17.9. The molecule has 2 aliphatic heterocycles. The Labute approximate surface area is 276 Å². The molecule has 1 saturated heterocycles. The molecule has 0 bridgehead atoms. The molecule has 258 valence electrons. The Morgan fingerprint density at radius 3 is 2.69 bits per heavy atom. The number of aromatic nitrogens is 2. The maximum absolute atomic E-state index is 14.6. The highest BCUT2D eigenvalue weighted by atomic mass is 32.2. The second-order valence-electron chi connectivity index (χ2n) is 12.9. The van der Waals surface area contributed by atoms with Gasteiger partial charge >= 0.3 is 6.09 Å². The molecule has 3 fully saturated rings. The molecule has 0 spiro atoms. The van der Waals surface area contributed by atoms with Crippen molar-refractivity contribution in [3.8, 4) is 5.88 Å². The molecule has 1 aromatic heterocycles. The number of para-hydroxylation sites is 1. The molecule has 1 aromatic carbocycles. The van der Waals surface area contributed by atoms with Crippen LogP contribution in [0.25, 0.3) is 11.0 Å². The number of carboxylic acid groups (broad SMARTS) is 1. The molecule has 2 aliphatic carbocycles. The summed E-state index contributed by atoms with van der Waals surface area (Å²) in [4.78, 5) is 63.4. The zero-order valence-corrected chi connectivity index (χ0v) is 27.3. The molecule has 4 N–H and O–H groups in total. The van der Waals surface area contributed by atoms with Crippen LogP contribution >= 0.6 is 0 Å². The monoisotopic (exact) mass is 686 g/mol. The summed E-state index contributed by atoms with van der Waals surface area (Å²) >= 11 is 0. The van der Waals surface area contributed by atoms with Crippen molar-refractivity contribution in [3.63, 3.8) is 0 Å². The quantitative estimate of drug-likeness (QED) is 0.314. The number of benzene rings is 1. The van der Waals surface area contributed by atoms with E-state index in [1.54, 1.807) is 6.07 Å². The van der Waals surface area contributed by atoms with E-state index >= 15 is 0 Å². The molecular formula is C32H39FN6O8S. The molecule has 0 unspecified atom stereocenters. The topological polar surface area (TPSA) is 197 Å². The highest BCUT2D eigenvalue weighted by Crippen LogP contribution is 2.46. The van der Waals surface area contributed by atoms with E-state index < -0.39 is 74.5 Å². The first-order chi connectivity index (χ1) is 22.9. The number of hydrogen-bond acceptors (Lipinski definition) is 9. The van der Waals surface area contributed by atoms with E-state index in [-0.39, 0.29) is 37.2 Å². The third-order valence-corrected chi connectivity index (χ3v) is 11.3. The van der Waals surface area contributed by atoms with Gasteiger partial charge in [0.2, 0.25) is 27.7 Å². The van der Waals surface area contributed by atoms with Gasteiger partial charge in [0.1, 0.15) is 34.9 Å². The number of rotatable bonds is 7. The Balaban J connectivity index is 1.31. The number of aryl methyl sites for hydroxylation is 1. The minimum absolute atomic E-state index is 0.000908. The molecule has 48 heavy (non-hydrogen) atoms. The summed E-state index contributed by atoms with van der Waals surface area (Å²) in [5, 5.41) is 13.9. The summed E-state index contributed by atoms with van der Waals surface area (Å²) in [7, 11) is -3.91. The van der Waals surface area contributed by atoms with Crippen molar-refractivity contribution in [2.45, 2.75) is 100 Å². The first kappa shape index (κ1) is 33.6. The van der Waals surface area contributed by atoms with E-state index in [0.29, 0.717) is 49.7 Å². The van der Waals surface area contributed by atoms with Crippen LogP contribution in [0.1, 0.15) is 70.4 Å². The maximum Gasteiger partial charge on any atom is 0.405 e. The van der Waals surface area contributed by atoms with Crippen LogP contribution in [-0.4, -0.2) is 87.7 Å². The van der Waals surface area contributed by atoms with Crippen molar-refractivity contribution in [3.05, 3.63) is 41.9 Å². The van der Waals surface area contributed by atoms with Crippen molar-refractivity contribution >= 4 is 44.9 Å². The molecule has 14 nitrogen and oxygen atoms in total. The fraction of sp³-hybridized carbons (Fsp3) is 0.562. The molecule has 4 aliphatic rings. The van der Waals surface area contributed by atoms with E-state index in [1.165, 1.54) is 17.0 Å². The molecule has 5 atom stereocenters. The van der Waals surface area contributed by atoms with Crippen molar-refractivity contribution in [2.24, 2.45) is 5.92 Å². The molecule has 0 radical (unpaired) electrons. The molecular weight excluding hydrogens is 647 g/mol. The van der Waals surface area contributed by atoms with E-state index in [9.17, 15) is 37.1 Å². The number of carbonyl (C=O) groups is 4. The number of nitrogens with zero attached hydrogens (tertiary/aromatic N) is 3. The smallest absolute Gasteiger partial charge is 0.405 e. The Bertz CT molecular complexity index is 1770. The minimum atomic E-state index is -3.91. The SMILES string of the molecule is CCc1nc2cccc(F)c2nc1O[C@@H]1C[C@H]2C(=O)N[C@]3(C(=O)NS(=O)(=O)C4CC4)C[C@H]3C=CCCCCC[C@H](NC(=O)O)C(=O)N2C1. The number of amides is 4. The van der Waals surface area contributed by atoms with Crippen LogP contribution in [0.3, 0.4) is 0 Å². The average Bonchev–Trinajstić information content (AvgIpc) is 3.96. The predicted octanol–water partition coefficient (Wildman–Crippen LogP) is 2.32. The van der Waals surface area contributed by atoms with Crippen LogP contribution < -0.4 is 20.1 Å². The van der Waals surface area contributed by atoms with E-state index in [0.717, 1.165) is 6.42 Å². The first-order valence-electron chi connectivity index (χ1n) is 16.4. The van der Waals surface area contributed by atoms with Gasteiger partial charge in [-0.1, -0.05) is 38.0 Å².